The Hall–Kier alpha value is -2.12. The highest BCUT2D eigenvalue weighted by Gasteiger charge is 2.55. The third-order valence-corrected chi connectivity index (χ3v) is 4.41. The van der Waals surface area contributed by atoms with Gasteiger partial charge in [0.15, 0.2) is 0 Å². The fourth-order valence-corrected chi connectivity index (χ4v) is 2.94. The number of likely N-dealkylation sites (tertiary alicyclic amines) is 1. The molecular weight excluding hydrogens is 276 g/mol. The molecule has 3 aliphatic rings. The van der Waals surface area contributed by atoms with Gasteiger partial charge in [-0.3, -0.25) is 19.2 Å². The summed E-state index contributed by atoms with van der Waals surface area (Å²) < 4.78 is 0. The SMILES string of the molecule is NC(=O)C1CCCN1C(=O)C1(NC(=O)[C@@H]2CC(=O)N2)CC1. The van der Waals surface area contributed by atoms with E-state index in [0.717, 1.165) is 6.42 Å². The molecule has 2 aliphatic heterocycles. The molecule has 1 saturated carbocycles. The van der Waals surface area contributed by atoms with Crippen LogP contribution in [0.4, 0.5) is 0 Å². The lowest BCUT2D eigenvalue weighted by atomic mass is 10.0. The number of carbonyl (C=O) groups excluding carboxylic acids is 4. The van der Waals surface area contributed by atoms with Crippen LogP contribution in [0.5, 0.6) is 0 Å². The van der Waals surface area contributed by atoms with Crippen molar-refractivity contribution in [1.82, 2.24) is 15.5 Å². The van der Waals surface area contributed by atoms with E-state index in [1.807, 2.05) is 0 Å². The molecule has 0 aromatic heterocycles. The summed E-state index contributed by atoms with van der Waals surface area (Å²) in [7, 11) is 0. The van der Waals surface area contributed by atoms with Crippen LogP contribution in [0, 0.1) is 0 Å². The standard InChI is InChI=1S/C13H18N4O4/c14-10(19)8-2-1-5-17(8)12(21)13(3-4-13)16-11(20)7-6-9(18)15-7/h7-8H,1-6H2,(H2,14,19)(H,15,18)(H,16,20)/t7-,8?/m0/s1. The van der Waals surface area contributed by atoms with Gasteiger partial charge in [-0.05, 0) is 25.7 Å². The monoisotopic (exact) mass is 294 g/mol. The molecule has 2 saturated heterocycles. The Morgan fingerprint density at radius 3 is 2.52 bits per heavy atom. The molecule has 1 aliphatic carbocycles. The zero-order valence-electron chi connectivity index (χ0n) is 11.6. The van der Waals surface area contributed by atoms with E-state index in [4.69, 9.17) is 5.73 Å². The molecule has 1 unspecified atom stereocenters. The Morgan fingerprint density at radius 1 is 1.33 bits per heavy atom. The molecule has 4 amide bonds. The van der Waals surface area contributed by atoms with Gasteiger partial charge >= 0.3 is 0 Å². The van der Waals surface area contributed by atoms with Gasteiger partial charge in [-0.1, -0.05) is 0 Å². The second-order valence-corrected chi connectivity index (χ2v) is 5.95. The first kappa shape index (κ1) is 13.8. The lowest BCUT2D eigenvalue weighted by Gasteiger charge is -2.31. The van der Waals surface area contributed by atoms with Gasteiger partial charge in [-0.2, -0.15) is 0 Å². The van der Waals surface area contributed by atoms with Gasteiger partial charge < -0.3 is 21.3 Å². The second-order valence-electron chi connectivity index (χ2n) is 5.95. The predicted octanol–water partition coefficient (Wildman–Crippen LogP) is -2.00. The van der Waals surface area contributed by atoms with E-state index < -0.39 is 23.5 Å². The molecule has 0 aromatic rings. The van der Waals surface area contributed by atoms with E-state index in [9.17, 15) is 19.2 Å². The summed E-state index contributed by atoms with van der Waals surface area (Å²) in [5.41, 5.74) is 4.41. The number of hydrogen-bond acceptors (Lipinski definition) is 4. The largest absolute Gasteiger partial charge is 0.368 e. The molecule has 0 bridgehead atoms. The summed E-state index contributed by atoms with van der Waals surface area (Å²) in [6.45, 7) is 0.490. The summed E-state index contributed by atoms with van der Waals surface area (Å²) >= 11 is 0. The van der Waals surface area contributed by atoms with Gasteiger partial charge in [0.25, 0.3) is 0 Å². The van der Waals surface area contributed by atoms with E-state index in [1.165, 1.54) is 4.90 Å². The van der Waals surface area contributed by atoms with Crippen LogP contribution in [-0.2, 0) is 19.2 Å². The third kappa shape index (κ3) is 2.34. The average Bonchev–Trinajstić information content (AvgIpc) is 3.00. The van der Waals surface area contributed by atoms with E-state index in [-0.39, 0.29) is 24.1 Å². The fourth-order valence-electron chi connectivity index (χ4n) is 2.94. The Morgan fingerprint density at radius 2 is 2.00 bits per heavy atom. The summed E-state index contributed by atoms with van der Waals surface area (Å²) in [6, 6.07) is -1.12. The van der Waals surface area contributed by atoms with Crippen molar-refractivity contribution >= 4 is 23.6 Å². The number of β-lactam (4-membered cyclic amide) rings is 1. The molecule has 2 atom stereocenters. The molecule has 21 heavy (non-hydrogen) atoms. The maximum absolute atomic E-state index is 12.6. The molecule has 8 nitrogen and oxygen atoms in total. The second kappa shape index (κ2) is 4.71. The van der Waals surface area contributed by atoms with E-state index in [2.05, 4.69) is 10.6 Å². The van der Waals surface area contributed by atoms with Crippen LogP contribution in [-0.4, -0.2) is 52.7 Å². The number of primary amides is 1. The lowest BCUT2D eigenvalue weighted by Crippen LogP contribution is -2.61. The maximum atomic E-state index is 12.6. The van der Waals surface area contributed by atoms with Crippen molar-refractivity contribution in [2.75, 3.05) is 6.54 Å². The van der Waals surface area contributed by atoms with Gasteiger partial charge in [0.2, 0.25) is 23.6 Å². The van der Waals surface area contributed by atoms with Crippen LogP contribution in [0.2, 0.25) is 0 Å². The van der Waals surface area contributed by atoms with Gasteiger partial charge in [-0.15, -0.1) is 0 Å². The van der Waals surface area contributed by atoms with Crippen molar-refractivity contribution in [3.05, 3.63) is 0 Å². The highest BCUT2D eigenvalue weighted by molar-refractivity contribution is 6.01. The first-order valence-corrected chi connectivity index (χ1v) is 7.15. The summed E-state index contributed by atoms with van der Waals surface area (Å²) in [5.74, 6) is -1.24. The van der Waals surface area contributed by atoms with Gasteiger partial charge in [-0.25, -0.2) is 0 Å². The van der Waals surface area contributed by atoms with E-state index >= 15 is 0 Å². The first-order chi connectivity index (χ1) is 9.93. The number of carbonyl (C=O) groups is 4. The molecule has 0 aromatic carbocycles. The molecule has 2 heterocycles. The first-order valence-electron chi connectivity index (χ1n) is 7.15. The van der Waals surface area contributed by atoms with Crippen molar-refractivity contribution < 1.29 is 19.2 Å². The summed E-state index contributed by atoms with van der Waals surface area (Å²) in [5, 5.41) is 5.21. The minimum absolute atomic E-state index is 0.156. The smallest absolute Gasteiger partial charge is 0.249 e. The molecule has 3 fully saturated rings. The normalized spacial score (nSPS) is 29.3. The minimum Gasteiger partial charge on any atom is -0.368 e. The van der Waals surface area contributed by atoms with Crippen molar-refractivity contribution in [3.8, 4) is 0 Å². The predicted molar refractivity (Wildman–Crippen MR) is 70.6 cm³/mol. The van der Waals surface area contributed by atoms with Crippen LogP contribution >= 0.6 is 0 Å². The zero-order chi connectivity index (χ0) is 15.2. The van der Waals surface area contributed by atoms with Gasteiger partial charge in [0.1, 0.15) is 17.6 Å². The van der Waals surface area contributed by atoms with Gasteiger partial charge in [0.05, 0.1) is 6.42 Å². The van der Waals surface area contributed by atoms with Crippen molar-refractivity contribution in [1.29, 1.82) is 0 Å². The quantitative estimate of drug-likeness (QED) is 0.519. The topological polar surface area (TPSA) is 122 Å². The van der Waals surface area contributed by atoms with Crippen LogP contribution in [0.1, 0.15) is 32.1 Å². The van der Waals surface area contributed by atoms with Crippen LogP contribution in [0.3, 0.4) is 0 Å². The van der Waals surface area contributed by atoms with Crippen LogP contribution < -0.4 is 16.4 Å². The number of amides is 4. The molecule has 114 valence electrons. The average molecular weight is 294 g/mol. The number of nitrogens with zero attached hydrogens (tertiary/aromatic N) is 1. The van der Waals surface area contributed by atoms with Crippen molar-refractivity contribution in [3.63, 3.8) is 0 Å². The molecule has 4 N–H and O–H groups in total. The number of hydrogen-bond donors (Lipinski definition) is 3. The Labute approximate surface area is 121 Å². The summed E-state index contributed by atoms with van der Waals surface area (Å²) in [6.07, 6.45) is 2.58. The lowest BCUT2D eigenvalue weighted by molar-refractivity contribution is -0.143. The highest BCUT2D eigenvalue weighted by atomic mass is 16.2. The summed E-state index contributed by atoms with van der Waals surface area (Å²) in [4.78, 5) is 48.3. The third-order valence-electron chi connectivity index (χ3n) is 4.41. The molecule has 0 radical (unpaired) electrons. The molecule has 8 heteroatoms. The van der Waals surface area contributed by atoms with Crippen molar-refractivity contribution in [2.45, 2.75) is 49.7 Å². The molecular formula is C13H18N4O4. The molecule has 0 spiro atoms. The van der Waals surface area contributed by atoms with E-state index in [0.29, 0.717) is 25.8 Å². The minimum atomic E-state index is -0.907. The van der Waals surface area contributed by atoms with Crippen LogP contribution in [0.25, 0.3) is 0 Å². The van der Waals surface area contributed by atoms with Crippen molar-refractivity contribution in [2.24, 2.45) is 5.73 Å². The van der Waals surface area contributed by atoms with Crippen LogP contribution in [0.15, 0.2) is 0 Å². The molecule has 3 rings (SSSR count). The maximum Gasteiger partial charge on any atom is 0.249 e. The Kier molecular flexibility index (Phi) is 3.11. The number of nitrogens with one attached hydrogen (secondary N) is 2. The van der Waals surface area contributed by atoms with E-state index in [1.54, 1.807) is 0 Å². The Bertz CT molecular complexity index is 520. The number of nitrogens with two attached hydrogens (primary N) is 1. The van der Waals surface area contributed by atoms with Gasteiger partial charge in [0, 0.05) is 6.54 Å². The highest BCUT2D eigenvalue weighted by Crippen LogP contribution is 2.39. The number of rotatable bonds is 4. The Balaban J connectivity index is 1.65. The fraction of sp³-hybridized carbons (Fsp3) is 0.692. The zero-order valence-corrected chi connectivity index (χ0v) is 11.6.